The van der Waals surface area contributed by atoms with Crippen LogP contribution in [0.5, 0.6) is 0 Å². The minimum Gasteiger partial charge on any atom is -0.460 e. The minimum atomic E-state index is -0.427. The largest absolute Gasteiger partial charge is 0.460 e. The summed E-state index contributed by atoms with van der Waals surface area (Å²) in [4.78, 5) is 10.3. The Labute approximate surface area is 55.0 Å². The molecule has 0 amide bonds. The van der Waals surface area contributed by atoms with Crippen molar-refractivity contribution in [3.8, 4) is 0 Å². The van der Waals surface area contributed by atoms with E-state index in [0.29, 0.717) is 6.61 Å². The van der Waals surface area contributed by atoms with E-state index in [4.69, 9.17) is 4.74 Å². The zero-order chi connectivity index (χ0) is 7.11. The third-order valence-corrected chi connectivity index (χ3v) is 0.729. The SMILES string of the molecule is [CH2]OC(=O)COCCC. The molecule has 0 fully saturated rings. The number of hydrogen-bond donors (Lipinski definition) is 0. The van der Waals surface area contributed by atoms with E-state index in [-0.39, 0.29) is 6.61 Å². The Hall–Kier alpha value is -0.570. The van der Waals surface area contributed by atoms with E-state index in [1.54, 1.807) is 0 Å². The highest BCUT2D eigenvalue weighted by Crippen LogP contribution is 1.81. The Morgan fingerprint density at radius 3 is 2.78 bits per heavy atom. The molecular formula is C6H11O3. The van der Waals surface area contributed by atoms with Crippen molar-refractivity contribution in [3.63, 3.8) is 0 Å². The molecule has 0 rings (SSSR count). The molecule has 0 bridgehead atoms. The molecule has 0 saturated carbocycles. The standard InChI is InChI=1S/C6H11O3/c1-3-4-9-5-6(7)8-2/h2-5H2,1H3. The number of hydrogen-bond acceptors (Lipinski definition) is 3. The normalized spacial score (nSPS) is 9.11. The van der Waals surface area contributed by atoms with Crippen molar-refractivity contribution in [2.45, 2.75) is 13.3 Å². The topological polar surface area (TPSA) is 35.5 Å². The Kier molecular flexibility index (Phi) is 5.21. The first kappa shape index (κ1) is 8.43. The van der Waals surface area contributed by atoms with Gasteiger partial charge in [-0.2, -0.15) is 0 Å². The highest BCUT2D eigenvalue weighted by molar-refractivity contribution is 5.70. The molecule has 0 aromatic rings. The number of rotatable bonds is 4. The van der Waals surface area contributed by atoms with Gasteiger partial charge in [-0.1, -0.05) is 6.92 Å². The predicted octanol–water partition coefficient (Wildman–Crippen LogP) is 0.748. The Balaban J connectivity index is 2.97. The van der Waals surface area contributed by atoms with E-state index in [1.165, 1.54) is 0 Å². The molecule has 9 heavy (non-hydrogen) atoms. The second-order valence-electron chi connectivity index (χ2n) is 1.57. The quantitative estimate of drug-likeness (QED) is 0.417. The Morgan fingerprint density at radius 1 is 1.67 bits per heavy atom. The molecule has 0 saturated heterocycles. The lowest BCUT2D eigenvalue weighted by Gasteiger charge is -1.98. The van der Waals surface area contributed by atoms with Crippen LogP contribution in [0.3, 0.4) is 0 Å². The summed E-state index contributed by atoms with van der Waals surface area (Å²) in [5.74, 6) is -0.427. The molecule has 0 aliphatic carbocycles. The summed E-state index contributed by atoms with van der Waals surface area (Å²) in [7, 11) is 2.93. The minimum absolute atomic E-state index is 0.0112. The molecular weight excluding hydrogens is 120 g/mol. The smallest absolute Gasteiger partial charge is 0.332 e. The molecule has 3 nitrogen and oxygen atoms in total. The van der Waals surface area contributed by atoms with Crippen molar-refractivity contribution in [1.82, 2.24) is 0 Å². The first-order valence-corrected chi connectivity index (χ1v) is 2.83. The molecule has 0 spiro atoms. The van der Waals surface area contributed by atoms with Crippen molar-refractivity contribution < 1.29 is 14.3 Å². The van der Waals surface area contributed by atoms with E-state index in [0.717, 1.165) is 6.42 Å². The zero-order valence-corrected chi connectivity index (χ0v) is 5.55. The van der Waals surface area contributed by atoms with E-state index >= 15 is 0 Å². The van der Waals surface area contributed by atoms with Crippen molar-refractivity contribution in [3.05, 3.63) is 7.11 Å². The van der Waals surface area contributed by atoms with Crippen molar-refractivity contribution >= 4 is 5.97 Å². The van der Waals surface area contributed by atoms with Crippen LogP contribution < -0.4 is 0 Å². The molecule has 0 aromatic heterocycles. The van der Waals surface area contributed by atoms with Gasteiger partial charge < -0.3 is 9.47 Å². The van der Waals surface area contributed by atoms with Gasteiger partial charge >= 0.3 is 5.97 Å². The van der Waals surface area contributed by atoms with Crippen LogP contribution in [-0.4, -0.2) is 19.2 Å². The van der Waals surface area contributed by atoms with Crippen molar-refractivity contribution in [1.29, 1.82) is 0 Å². The lowest BCUT2D eigenvalue weighted by atomic mass is 10.5. The molecule has 1 radical (unpaired) electrons. The lowest BCUT2D eigenvalue weighted by molar-refractivity contribution is -0.143. The average Bonchev–Trinajstić information content (AvgIpc) is 1.89. The van der Waals surface area contributed by atoms with Gasteiger partial charge in [-0.05, 0) is 6.42 Å². The third kappa shape index (κ3) is 5.30. The third-order valence-electron chi connectivity index (χ3n) is 0.729. The monoisotopic (exact) mass is 131 g/mol. The number of carbonyl (C=O) groups excluding carboxylic acids is 1. The predicted molar refractivity (Wildman–Crippen MR) is 32.6 cm³/mol. The molecule has 0 unspecified atom stereocenters. The summed E-state index contributed by atoms with van der Waals surface area (Å²) in [5, 5.41) is 0. The summed E-state index contributed by atoms with van der Waals surface area (Å²) >= 11 is 0. The lowest BCUT2D eigenvalue weighted by Crippen LogP contribution is -2.09. The van der Waals surface area contributed by atoms with Crippen LogP contribution in [0, 0.1) is 7.11 Å². The maximum Gasteiger partial charge on any atom is 0.332 e. The fourth-order valence-corrected chi connectivity index (χ4v) is 0.342. The van der Waals surface area contributed by atoms with E-state index in [9.17, 15) is 4.79 Å². The highest BCUT2D eigenvalue weighted by atomic mass is 16.6. The molecule has 0 heterocycles. The van der Waals surface area contributed by atoms with Gasteiger partial charge in [0.1, 0.15) is 13.7 Å². The van der Waals surface area contributed by atoms with Crippen LogP contribution >= 0.6 is 0 Å². The fraction of sp³-hybridized carbons (Fsp3) is 0.667. The van der Waals surface area contributed by atoms with E-state index in [1.807, 2.05) is 6.92 Å². The van der Waals surface area contributed by atoms with Crippen LogP contribution in [0.4, 0.5) is 0 Å². The van der Waals surface area contributed by atoms with Gasteiger partial charge in [0.05, 0.1) is 0 Å². The summed E-state index contributed by atoms with van der Waals surface area (Å²) in [6.45, 7) is 2.57. The maximum absolute atomic E-state index is 10.3. The highest BCUT2D eigenvalue weighted by Gasteiger charge is 1.96. The molecule has 0 aliphatic rings. The van der Waals surface area contributed by atoms with Crippen LogP contribution in [0.25, 0.3) is 0 Å². The molecule has 0 aliphatic heterocycles. The average molecular weight is 131 g/mol. The number of esters is 1. The molecule has 0 N–H and O–H groups in total. The number of carbonyl (C=O) groups is 1. The van der Waals surface area contributed by atoms with Crippen LogP contribution in [0.2, 0.25) is 0 Å². The summed E-state index contributed by atoms with van der Waals surface area (Å²) < 4.78 is 8.90. The van der Waals surface area contributed by atoms with E-state index < -0.39 is 5.97 Å². The summed E-state index contributed by atoms with van der Waals surface area (Å²) in [5.41, 5.74) is 0. The van der Waals surface area contributed by atoms with Gasteiger partial charge in [-0.25, -0.2) is 4.79 Å². The van der Waals surface area contributed by atoms with Gasteiger partial charge in [0.25, 0.3) is 0 Å². The van der Waals surface area contributed by atoms with Crippen LogP contribution in [0.15, 0.2) is 0 Å². The first-order valence-electron chi connectivity index (χ1n) is 2.83. The second-order valence-corrected chi connectivity index (χ2v) is 1.57. The van der Waals surface area contributed by atoms with Crippen LogP contribution in [0.1, 0.15) is 13.3 Å². The molecule has 0 aromatic carbocycles. The molecule has 0 atom stereocenters. The van der Waals surface area contributed by atoms with Gasteiger partial charge in [0, 0.05) is 6.61 Å². The van der Waals surface area contributed by atoms with Gasteiger partial charge in [0.2, 0.25) is 0 Å². The zero-order valence-electron chi connectivity index (χ0n) is 5.55. The first-order chi connectivity index (χ1) is 4.31. The Morgan fingerprint density at radius 2 is 2.33 bits per heavy atom. The summed E-state index contributed by atoms with van der Waals surface area (Å²) in [6.07, 6.45) is 0.907. The Bertz CT molecular complexity index is 80.4. The molecule has 53 valence electrons. The van der Waals surface area contributed by atoms with Gasteiger partial charge in [0.15, 0.2) is 0 Å². The van der Waals surface area contributed by atoms with Gasteiger partial charge in [-0.3, -0.25) is 0 Å². The van der Waals surface area contributed by atoms with Gasteiger partial charge in [-0.15, -0.1) is 0 Å². The molecule has 3 heteroatoms. The second kappa shape index (κ2) is 5.56. The fourth-order valence-electron chi connectivity index (χ4n) is 0.342. The van der Waals surface area contributed by atoms with Crippen molar-refractivity contribution in [2.75, 3.05) is 13.2 Å². The maximum atomic E-state index is 10.3. The summed E-state index contributed by atoms with van der Waals surface area (Å²) in [6, 6.07) is 0. The van der Waals surface area contributed by atoms with Crippen molar-refractivity contribution in [2.24, 2.45) is 0 Å². The van der Waals surface area contributed by atoms with Crippen LogP contribution in [-0.2, 0) is 14.3 Å². The van der Waals surface area contributed by atoms with E-state index in [2.05, 4.69) is 11.8 Å². The number of ether oxygens (including phenoxy) is 2.